The lowest BCUT2D eigenvalue weighted by atomic mass is 9.79. The van der Waals surface area contributed by atoms with E-state index in [9.17, 15) is 9.59 Å². The van der Waals surface area contributed by atoms with Crippen molar-refractivity contribution in [2.24, 2.45) is 0 Å². The van der Waals surface area contributed by atoms with Gasteiger partial charge < -0.3 is 0 Å². The highest BCUT2D eigenvalue weighted by atomic mass is 32.1. The first-order valence-electron chi connectivity index (χ1n) is 7.01. The Bertz CT molecular complexity index is 704. The summed E-state index contributed by atoms with van der Waals surface area (Å²) in [6.45, 7) is 4.06. The third kappa shape index (κ3) is 2.76. The van der Waals surface area contributed by atoms with Crippen LogP contribution in [-0.2, 0) is 9.59 Å². The molecule has 1 aliphatic heterocycles. The average Bonchev–Trinajstić information content (AvgIpc) is 2.84. The highest BCUT2D eigenvalue weighted by molar-refractivity contribution is 7.12. The summed E-state index contributed by atoms with van der Waals surface area (Å²) in [5.74, 6) is -0.722. The number of amides is 2. The standard InChI is InChI=1S/C17H17NO2S/c1-10-4-3-5-12(8-10)16-13(9-15(19)18-17(16)20)14-7-6-11(2)21-14/h3-8,13,16H,9H2,1-2H3,(H,18,19,20). The molecule has 2 unspecified atom stereocenters. The molecule has 0 radical (unpaired) electrons. The summed E-state index contributed by atoms with van der Waals surface area (Å²) in [4.78, 5) is 26.5. The second kappa shape index (κ2) is 5.45. The monoisotopic (exact) mass is 299 g/mol. The van der Waals surface area contributed by atoms with Crippen LogP contribution in [0, 0.1) is 13.8 Å². The quantitative estimate of drug-likeness (QED) is 0.865. The Labute approximate surface area is 128 Å². The number of imide groups is 1. The van der Waals surface area contributed by atoms with Gasteiger partial charge in [-0.05, 0) is 31.5 Å². The largest absolute Gasteiger partial charge is 0.296 e. The van der Waals surface area contributed by atoms with Crippen molar-refractivity contribution in [2.45, 2.75) is 32.1 Å². The predicted molar refractivity (Wildman–Crippen MR) is 83.5 cm³/mol. The van der Waals surface area contributed by atoms with Crippen molar-refractivity contribution in [3.63, 3.8) is 0 Å². The fourth-order valence-corrected chi connectivity index (χ4v) is 3.95. The summed E-state index contributed by atoms with van der Waals surface area (Å²) in [7, 11) is 0. The molecule has 1 saturated heterocycles. The van der Waals surface area contributed by atoms with Crippen LogP contribution in [0.3, 0.4) is 0 Å². The Balaban J connectivity index is 2.04. The van der Waals surface area contributed by atoms with E-state index in [1.807, 2.05) is 50.2 Å². The molecule has 1 N–H and O–H groups in total. The van der Waals surface area contributed by atoms with Gasteiger partial charge in [-0.1, -0.05) is 29.8 Å². The van der Waals surface area contributed by atoms with E-state index < -0.39 is 0 Å². The highest BCUT2D eigenvalue weighted by Gasteiger charge is 2.38. The van der Waals surface area contributed by atoms with Gasteiger partial charge in [0.05, 0.1) is 5.92 Å². The van der Waals surface area contributed by atoms with Gasteiger partial charge in [-0.3, -0.25) is 14.9 Å². The smallest absolute Gasteiger partial charge is 0.234 e. The number of piperidine rings is 1. The van der Waals surface area contributed by atoms with Crippen LogP contribution in [0.5, 0.6) is 0 Å². The molecule has 0 spiro atoms. The van der Waals surface area contributed by atoms with Crippen LogP contribution >= 0.6 is 11.3 Å². The number of carbonyl (C=O) groups excluding carboxylic acids is 2. The van der Waals surface area contributed by atoms with E-state index in [4.69, 9.17) is 0 Å². The lowest BCUT2D eigenvalue weighted by molar-refractivity contribution is -0.135. The number of aryl methyl sites for hydroxylation is 2. The first kappa shape index (κ1) is 14.0. The van der Waals surface area contributed by atoms with Crippen molar-refractivity contribution < 1.29 is 9.59 Å². The number of rotatable bonds is 2. The molecule has 4 heteroatoms. The van der Waals surface area contributed by atoms with Gasteiger partial charge in [0.25, 0.3) is 0 Å². The van der Waals surface area contributed by atoms with E-state index in [2.05, 4.69) is 5.32 Å². The third-order valence-corrected chi connectivity index (χ3v) is 5.01. The molecule has 3 nitrogen and oxygen atoms in total. The lowest BCUT2D eigenvalue weighted by Crippen LogP contribution is -2.43. The van der Waals surface area contributed by atoms with Gasteiger partial charge in [0, 0.05) is 22.1 Å². The van der Waals surface area contributed by atoms with Gasteiger partial charge in [0.2, 0.25) is 11.8 Å². The lowest BCUT2D eigenvalue weighted by Gasteiger charge is -2.30. The maximum Gasteiger partial charge on any atom is 0.234 e. The second-order valence-corrected chi connectivity index (χ2v) is 6.88. The molecule has 108 valence electrons. The minimum Gasteiger partial charge on any atom is -0.296 e. The zero-order valence-electron chi connectivity index (χ0n) is 12.1. The summed E-state index contributed by atoms with van der Waals surface area (Å²) in [6, 6.07) is 12.1. The molecule has 21 heavy (non-hydrogen) atoms. The van der Waals surface area contributed by atoms with Crippen molar-refractivity contribution in [1.82, 2.24) is 5.32 Å². The SMILES string of the molecule is Cc1cccc(C2C(=O)NC(=O)CC2c2ccc(C)s2)c1. The Hall–Kier alpha value is -1.94. The van der Waals surface area contributed by atoms with Crippen LogP contribution in [0.25, 0.3) is 0 Å². The van der Waals surface area contributed by atoms with Crippen LogP contribution in [-0.4, -0.2) is 11.8 Å². The molecule has 0 saturated carbocycles. The van der Waals surface area contributed by atoms with Gasteiger partial charge in [-0.25, -0.2) is 0 Å². The molecule has 2 aromatic rings. The van der Waals surface area contributed by atoms with Crippen LogP contribution in [0.2, 0.25) is 0 Å². The van der Waals surface area contributed by atoms with E-state index in [1.165, 1.54) is 4.88 Å². The number of nitrogens with one attached hydrogen (secondary N) is 1. The third-order valence-electron chi connectivity index (χ3n) is 3.88. The van der Waals surface area contributed by atoms with Crippen molar-refractivity contribution in [3.8, 4) is 0 Å². The fraction of sp³-hybridized carbons (Fsp3) is 0.294. The van der Waals surface area contributed by atoms with E-state index in [0.29, 0.717) is 6.42 Å². The summed E-state index contributed by atoms with van der Waals surface area (Å²) in [5.41, 5.74) is 2.11. The normalized spacial score (nSPS) is 22.2. The van der Waals surface area contributed by atoms with Gasteiger partial charge in [0.1, 0.15) is 0 Å². The minimum absolute atomic E-state index is 0.0632. The maximum absolute atomic E-state index is 12.4. The van der Waals surface area contributed by atoms with Crippen LogP contribution < -0.4 is 5.32 Å². The van der Waals surface area contributed by atoms with Crippen molar-refractivity contribution in [2.75, 3.05) is 0 Å². The number of hydrogen-bond donors (Lipinski definition) is 1. The first-order chi connectivity index (χ1) is 10.0. The van der Waals surface area contributed by atoms with Crippen LogP contribution in [0.15, 0.2) is 36.4 Å². The number of benzene rings is 1. The molecule has 1 fully saturated rings. The van der Waals surface area contributed by atoms with E-state index in [-0.39, 0.29) is 23.7 Å². The zero-order valence-corrected chi connectivity index (χ0v) is 12.9. The molecule has 1 aromatic carbocycles. The Morgan fingerprint density at radius 2 is 1.95 bits per heavy atom. The molecule has 3 rings (SSSR count). The summed E-state index contributed by atoms with van der Waals surface area (Å²) in [6.07, 6.45) is 0.365. The molecule has 2 atom stereocenters. The molecular weight excluding hydrogens is 282 g/mol. The summed E-state index contributed by atoms with van der Waals surface area (Å²) in [5, 5.41) is 2.48. The first-order valence-corrected chi connectivity index (χ1v) is 7.83. The van der Waals surface area contributed by atoms with Gasteiger partial charge in [-0.15, -0.1) is 11.3 Å². The molecule has 0 aliphatic carbocycles. The van der Waals surface area contributed by atoms with Crippen LogP contribution in [0.4, 0.5) is 0 Å². The maximum atomic E-state index is 12.4. The molecule has 1 aromatic heterocycles. The zero-order chi connectivity index (χ0) is 15.0. The minimum atomic E-state index is -0.291. The van der Waals surface area contributed by atoms with Gasteiger partial charge in [-0.2, -0.15) is 0 Å². The van der Waals surface area contributed by atoms with E-state index >= 15 is 0 Å². The summed E-state index contributed by atoms with van der Waals surface area (Å²) >= 11 is 1.67. The number of thiophene rings is 1. The van der Waals surface area contributed by atoms with E-state index in [1.54, 1.807) is 11.3 Å². The number of carbonyl (C=O) groups is 2. The topological polar surface area (TPSA) is 46.2 Å². The second-order valence-electron chi connectivity index (χ2n) is 5.56. The highest BCUT2D eigenvalue weighted by Crippen LogP contribution is 2.41. The Morgan fingerprint density at radius 1 is 1.14 bits per heavy atom. The van der Waals surface area contributed by atoms with Crippen molar-refractivity contribution in [1.29, 1.82) is 0 Å². The summed E-state index contributed by atoms with van der Waals surface area (Å²) < 4.78 is 0. The van der Waals surface area contributed by atoms with Crippen LogP contribution in [0.1, 0.15) is 39.1 Å². The molecule has 2 heterocycles. The molecule has 1 aliphatic rings. The fourth-order valence-electron chi connectivity index (χ4n) is 2.93. The van der Waals surface area contributed by atoms with Gasteiger partial charge in [0.15, 0.2) is 0 Å². The molecular formula is C17H17NO2S. The predicted octanol–water partition coefficient (Wildman–Crippen LogP) is 3.28. The molecule has 0 bridgehead atoms. The van der Waals surface area contributed by atoms with Crippen molar-refractivity contribution in [3.05, 3.63) is 57.3 Å². The van der Waals surface area contributed by atoms with Crippen molar-refractivity contribution >= 4 is 23.2 Å². The molecule has 2 amide bonds. The van der Waals surface area contributed by atoms with E-state index in [0.717, 1.165) is 16.0 Å². The average molecular weight is 299 g/mol. The number of hydrogen-bond acceptors (Lipinski definition) is 3. The Kier molecular flexibility index (Phi) is 3.64. The Morgan fingerprint density at radius 3 is 2.62 bits per heavy atom. The van der Waals surface area contributed by atoms with Gasteiger partial charge >= 0.3 is 0 Å².